The standard InChI is InChI=1S/C19H22N4O3S/c20-17(25)15-12-27-19(21-15)22-18(26)14-8-10-23(11-9-14)16(24)7-6-13-4-2-1-3-5-13/h1-5,12,14H,6-11H2,(H2,20,25)(H,21,22,26). The van der Waals surface area contributed by atoms with Crippen LogP contribution in [0.1, 0.15) is 35.3 Å². The number of aromatic nitrogens is 1. The second-order valence-corrected chi connectivity index (χ2v) is 7.39. The lowest BCUT2D eigenvalue weighted by Crippen LogP contribution is -2.41. The Morgan fingerprint density at radius 1 is 1.19 bits per heavy atom. The van der Waals surface area contributed by atoms with Gasteiger partial charge in [0.05, 0.1) is 0 Å². The quantitative estimate of drug-likeness (QED) is 0.792. The topological polar surface area (TPSA) is 105 Å². The Kier molecular flexibility index (Phi) is 6.18. The highest BCUT2D eigenvalue weighted by Gasteiger charge is 2.27. The maximum absolute atomic E-state index is 12.4. The Labute approximate surface area is 161 Å². The highest BCUT2D eigenvalue weighted by atomic mass is 32.1. The number of piperidine rings is 1. The Balaban J connectivity index is 1.44. The van der Waals surface area contributed by atoms with Gasteiger partial charge in [-0.1, -0.05) is 30.3 Å². The maximum atomic E-state index is 12.4. The zero-order chi connectivity index (χ0) is 19.2. The van der Waals surface area contributed by atoms with Crippen LogP contribution in [-0.2, 0) is 16.0 Å². The van der Waals surface area contributed by atoms with Gasteiger partial charge in [-0.25, -0.2) is 4.98 Å². The van der Waals surface area contributed by atoms with Gasteiger partial charge in [0.25, 0.3) is 5.91 Å². The maximum Gasteiger partial charge on any atom is 0.268 e. The van der Waals surface area contributed by atoms with Crippen LogP contribution in [0.3, 0.4) is 0 Å². The number of nitrogens with one attached hydrogen (secondary N) is 1. The van der Waals surface area contributed by atoms with Crippen LogP contribution in [0.2, 0.25) is 0 Å². The van der Waals surface area contributed by atoms with Crippen molar-refractivity contribution in [2.75, 3.05) is 18.4 Å². The zero-order valence-corrected chi connectivity index (χ0v) is 15.7. The lowest BCUT2D eigenvalue weighted by molar-refractivity contribution is -0.134. The zero-order valence-electron chi connectivity index (χ0n) is 14.9. The summed E-state index contributed by atoms with van der Waals surface area (Å²) in [6.45, 7) is 1.16. The van der Waals surface area contributed by atoms with E-state index in [0.29, 0.717) is 37.5 Å². The van der Waals surface area contributed by atoms with Crippen molar-refractivity contribution in [1.82, 2.24) is 9.88 Å². The Bertz CT molecular complexity index is 813. The summed E-state index contributed by atoms with van der Waals surface area (Å²) in [7, 11) is 0. The van der Waals surface area contributed by atoms with E-state index >= 15 is 0 Å². The van der Waals surface area contributed by atoms with Crippen LogP contribution in [0.4, 0.5) is 5.13 Å². The number of rotatable bonds is 6. The van der Waals surface area contributed by atoms with Crippen molar-refractivity contribution in [3.63, 3.8) is 0 Å². The second-order valence-electron chi connectivity index (χ2n) is 6.53. The van der Waals surface area contributed by atoms with E-state index in [1.54, 1.807) is 0 Å². The van der Waals surface area contributed by atoms with Crippen molar-refractivity contribution in [2.24, 2.45) is 11.7 Å². The fraction of sp³-hybridized carbons (Fsp3) is 0.368. The van der Waals surface area contributed by atoms with Crippen LogP contribution in [0, 0.1) is 5.92 Å². The molecule has 2 aromatic rings. The minimum absolute atomic E-state index is 0.128. The minimum atomic E-state index is -0.617. The van der Waals surface area contributed by atoms with E-state index in [1.165, 1.54) is 16.7 Å². The fourth-order valence-corrected chi connectivity index (χ4v) is 3.80. The summed E-state index contributed by atoms with van der Waals surface area (Å²) in [4.78, 5) is 41.6. The van der Waals surface area contributed by atoms with E-state index in [9.17, 15) is 14.4 Å². The number of primary amides is 1. The third-order valence-electron chi connectivity index (χ3n) is 4.68. The summed E-state index contributed by atoms with van der Waals surface area (Å²) in [6, 6.07) is 9.94. The Hall–Kier alpha value is -2.74. The first kappa shape index (κ1) is 19.0. The fourth-order valence-electron chi connectivity index (χ4n) is 3.10. The lowest BCUT2D eigenvalue weighted by atomic mass is 9.95. The molecule has 142 valence electrons. The first-order valence-corrected chi connectivity index (χ1v) is 9.79. The monoisotopic (exact) mass is 386 g/mol. The number of benzene rings is 1. The molecule has 1 aromatic carbocycles. The average molecular weight is 386 g/mol. The van der Waals surface area contributed by atoms with Gasteiger partial charge >= 0.3 is 0 Å². The van der Waals surface area contributed by atoms with E-state index in [4.69, 9.17) is 5.73 Å². The molecule has 1 fully saturated rings. The van der Waals surface area contributed by atoms with Gasteiger partial charge in [0.15, 0.2) is 5.13 Å². The highest BCUT2D eigenvalue weighted by Crippen LogP contribution is 2.22. The molecule has 27 heavy (non-hydrogen) atoms. The molecule has 3 amide bonds. The molecule has 1 aromatic heterocycles. The van der Waals surface area contributed by atoms with E-state index in [-0.39, 0.29) is 23.4 Å². The number of thiazole rings is 1. The molecular formula is C19H22N4O3S. The average Bonchev–Trinajstić information content (AvgIpc) is 3.16. The van der Waals surface area contributed by atoms with Crippen LogP contribution in [0.5, 0.6) is 0 Å². The molecule has 0 aliphatic carbocycles. The largest absolute Gasteiger partial charge is 0.364 e. The number of amides is 3. The second kappa shape index (κ2) is 8.77. The number of aryl methyl sites for hydroxylation is 1. The summed E-state index contributed by atoms with van der Waals surface area (Å²) >= 11 is 1.17. The van der Waals surface area contributed by atoms with Gasteiger partial charge in [0.1, 0.15) is 5.69 Å². The van der Waals surface area contributed by atoms with Crippen molar-refractivity contribution < 1.29 is 14.4 Å². The summed E-state index contributed by atoms with van der Waals surface area (Å²) in [6.07, 6.45) is 2.45. The summed E-state index contributed by atoms with van der Waals surface area (Å²) < 4.78 is 0. The van der Waals surface area contributed by atoms with Crippen LogP contribution >= 0.6 is 11.3 Å². The number of hydrogen-bond donors (Lipinski definition) is 2. The third kappa shape index (κ3) is 5.13. The number of nitrogens with two attached hydrogens (primary N) is 1. The summed E-state index contributed by atoms with van der Waals surface area (Å²) in [5, 5.41) is 4.63. The predicted molar refractivity (Wildman–Crippen MR) is 103 cm³/mol. The molecule has 1 aliphatic heterocycles. The highest BCUT2D eigenvalue weighted by molar-refractivity contribution is 7.14. The van der Waals surface area contributed by atoms with Gasteiger partial charge in [0, 0.05) is 30.8 Å². The molecule has 8 heteroatoms. The molecule has 0 radical (unpaired) electrons. The third-order valence-corrected chi connectivity index (χ3v) is 5.43. The van der Waals surface area contributed by atoms with Crippen LogP contribution in [-0.4, -0.2) is 40.7 Å². The van der Waals surface area contributed by atoms with Crippen molar-refractivity contribution in [3.8, 4) is 0 Å². The van der Waals surface area contributed by atoms with E-state index in [1.807, 2.05) is 35.2 Å². The van der Waals surface area contributed by atoms with Crippen LogP contribution in [0.25, 0.3) is 0 Å². The van der Waals surface area contributed by atoms with Gasteiger partial charge in [-0.3, -0.25) is 14.4 Å². The molecule has 7 nitrogen and oxygen atoms in total. The van der Waals surface area contributed by atoms with Crippen LogP contribution in [0.15, 0.2) is 35.7 Å². The molecular weight excluding hydrogens is 364 g/mol. The SMILES string of the molecule is NC(=O)c1csc(NC(=O)C2CCN(C(=O)CCc3ccccc3)CC2)n1. The molecule has 0 spiro atoms. The van der Waals surface area contributed by atoms with Gasteiger partial charge < -0.3 is 16.0 Å². The van der Waals surface area contributed by atoms with Gasteiger partial charge in [-0.05, 0) is 24.8 Å². The van der Waals surface area contributed by atoms with E-state index in [0.717, 1.165) is 12.0 Å². The predicted octanol–water partition coefficient (Wildman–Crippen LogP) is 2.05. The molecule has 3 N–H and O–H groups in total. The lowest BCUT2D eigenvalue weighted by Gasteiger charge is -2.31. The van der Waals surface area contributed by atoms with Gasteiger partial charge in [-0.15, -0.1) is 11.3 Å². The molecule has 1 aliphatic rings. The Morgan fingerprint density at radius 2 is 1.89 bits per heavy atom. The summed E-state index contributed by atoms with van der Waals surface area (Å²) in [5.74, 6) is -0.779. The van der Waals surface area contributed by atoms with E-state index in [2.05, 4.69) is 10.3 Å². The number of nitrogens with zero attached hydrogens (tertiary/aromatic N) is 2. The number of likely N-dealkylation sites (tertiary alicyclic amines) is 1. The van der Waals surface area contributed by atoms with Crippen molar-refractivity contribution in [2.45, 2.75) is 25.7 Å². The molecule has 0 unspecified atom stereocenters. The number of anilines is 1. The number of carbonyl (C=O) groups is 3. The Morgan fingerprint density at radius 3 is 2.52 bits per heavy atom. The number of hydrogen-bond acceptors (Lipinski definition) is 5. The van der Waals surface area contributed by atoms with Gasteiger partial charge in [-0.2, -0.15) is 0 Å². The molecule has 1 saturated heterocycles. The smallest absolute Gasteiger partial charge is 0.268 e. The molecule has 0 atom stereocenters. The molecule has 0 saturated carbocycles. The van der Waals surface area contributed by atoms with Crippen molar-refractivity contribution in [3.05, 3.63) is 47.0 Å². The number of carbonyl (C=O) groups excluding carboxylic acids is 3. The summed E-state index contributed by atoms with van der Waals surface area (Å²) in [5.41, 5.74) is 6.46. The minimum Gasteiger partial charge on any atom is -0.364 e. The normalized spacial score (nSPS) is 14.7. The van der Waals surface area contributed by atoms with Gasteiger partial charge in [0.2, 0.25) is 11.8 Å². The van der Waals surface area contributed by atoms with E-state index < -0.39 is 5.91 Å². The first-order valence-electron chi connectivity index (χ1n) is 8.91. The first-order chi connectivity index (χ1) is 13.0. The molecule has 0 bridgehead atoms. The van der Waals surface area contributed by atoms with Crippen molar-refractivity contribution >= 4 is 34.2 Å². The molecule has 3 rings (SSSR count). The van der Waals surface area contributed by atoms with Crippen LogP contribution < -0.4 is 11.1 Å². The molecule has 2 heterocycles. The van der Waals surface area contributed by atoms with Crippen molar-refractivity contribution in [1.29, 1.82) is 0 Å².